The molecule has 1 saturated heterocycles. The standard InChI is InChI=1S/C17H22N2O6S2/c1-11(25-16(21)9-26-15-7-8-27(23,24)10-15)17(22)19-14-5-3-13(4-6-14)18-12(2)20/h3-6,11,15H,7-10H2,1-2H3,(H,18,20)(H,19,22)/t11-,15+/m1/s1. The van der Waals surface area contributed by atoms with Crippen LogP contribution in [0, 0.1) is 0 Å². The molecule has 8 nitrogen and oxygen atoms in total. The van der Waals surface area contributed by atoms with Crippen molar-refractivity contribution in [1.82, 2.24) is 0 Å². The van der Waals surface area contributed by atoms with E-state index in [4.69, 9.17) is 4.74 Å². The van der Waals surface area contributed by atoms with Crippen molar-refractivity contribution < 1.29 is 27.5 Å². The summed E-state index contributed by atoms with van der Waals surface area (Å²) in [4.78, 5) is 35.0. The number of rotatable bonds is 7. The van der Waals surface area contributed by atoms with Gasteiger partial charge in [-0.05, 0) is 37.6 Å². The quantitative estimate of drug-likeness (QED) is 0.648. The monoisotopic (exact) mass is 414 g/mol. The lowest BCUT2D eigenvalue weighted by molar-refractivity contribution is -0.150. The summed E-state index contributed by atoms with van der Waals surface area (Å²) in [6, 6.07) is 6.52. The molecule has 1 aliphatic heterocycles. The topological polar surface area (TPSA) is 119 Å². The largest absolute Gasteiger partial charge is 0.452 e. The third-order valence-corrected chi connectivity index (χ3v) is 7.03. The lowest BCUT2D eigenvalue weighted by Gasteiger charge is -2.14. The van der Waals surface area contributed by atoms with Crippen LogP contribution in [0.4, 0.5) is 11.4 Å². The Morgan fingerprint density at radius 1 is 1.19 bits per heavy atom. The number of anilines is 2. The number of sulfone groups is 1. The molecule has 2 atom stereocenters. The normalized spacial score (nSPS) is 19.1. The van der Waals surface area contributed by atoms with Crippen LogP contribution < -0.4 is 10.6 Å². The van der Waals surface area contributed by atoms with Crippen molar-refractivity contribution in [2.75, 3.05) is 27.9 Å². The number of hydrogen-bond acceptors (Lipinski definition) is 7. The van der Waals surface area contributed by atoms with Crippen molar-refractivity contribution in [2.24, 2.45) is 0 Å². The van der Waals surface area contributed by atoms with Gasteiger partial charge < -0.3 is 15.4 Å². The van der Waals surface area contributed by atoms with E-state index >= 15 is 0 Å². The molecule has 0 radical (unpaired) electrons. The number of thioether (sulfide) groups is 1. The third-order valence-electron chi connectivity index (χ3n) is 3.78. The maximum atomic E-state index is 12.1. The Bertz CT molecular complexity index is 807. The maximum Gasteiger partial charge on any atom is 0.316 e. The van der Waals surface area contributed by atoms with E-state index in [1.807, 2.05) is 0 Å². The fraction of sp³-hybridized carbons (Fsp3) is 0.471. The number of carbonyl (C=O) groups is 3. The van der Waals surface area contributed by atoms with Crippen LogP contribution >= 0.6 is 11.8 Å². The Hall–Kier alpha value is -2.07. The maximum absolute atomic E-state index is 12.1. The Morgan fingerprint density at radius 3 is 2.30 bits per heavy atom. The molecular weight excluding hydrogens is 392 g/mol. The van der Waals surface area contributed by atoms with E-state index in [0.29, 0.717) is 17.8 Å². The summed E-state index contributed by atoms with van der Waals surface area (Å²) in [6.07, 6.45) is -0.453. The average molecular weight is 415 g/mol. The molecule has 0 aromatic heterocycles. The molecule has 27 heavy (non-hydrogen) atoms. The van der Waals surface area contributed by atoms with Crippen molar-refractivity contribution in [3.05, 3.63) is 24.3 Å². The molecule has 1 heterocycles. The molecule has 2 rings (SSSR count). The fourth-order valence-electron chi connectivity index (χ4n) is 2.45. The minimum Gasteiger partial charge on any atom is -0.452 e. The minimum atomic E-state index is -2.98. The van der Waals surface area contributed by atoms with Gasteiger partial charge in [0.2, 0.25) is 5.91 Å². The molecular formula is C17H22N2O6S2. The number of ether oxygens (including phenoxy) is 1. The van der Waals surface area contributed by atoms with Gasteiger partial charge in [0.1, 0.15) is 0 Å². The third kappa shape index (κ3) is 7.22. The van der Waals surface area contributed by atoms with Crippen LogP contribution in [0.5, 0.6) is 0 Å². The Balaban J connectivity index is 1.76. The molecule has 1 aliphatic rings. The average Bonchev–Trinajstić information content (AvgIpc) is 2.93. The molecule has 1 fully saturated rings. The summed E-state index contributed by atoms with van der Waals surface area (Å²) in [5.74, 6) is -1.00. The first-order chi connectivity index (χ1) is 12.6. The van der Waals surface area contributed by atoms with E-state index in [9.17, 15) is 22.8 Å². The number of hydrogen-bond donors (Lipinski definition) is 2. The zero-order chi connectivity index (χ0) is 20.0. The molecule has 0 saturated carbocycles. The molecule has 1 aromatic carbocycles. The molecule has 10 heteroatoms. The van der Waals surface area contributed by atoms with E-state index in [2.05, 4.69) is 10.6 Å². The van der Waals surface area contributed by atoms with E-state index < -0.39 is 27.8 Å². The van der Waals surface area contributed by atoms with E-state index in [-0.39, 0.29) is 28.4 Å². The molecule has 0 bridgehead atoms. The first kappa shape index (κ1) is 21.2. The fourth-order valence-corrected chi connectivity index (χ4v) is 5.87. The molecule has 2 amide bonds. The van der Waals surface area contributed by atoms with Crippen molar-refractivity contribution in [1.29, 1.82) is 0 Å². The minimum absolute atomic E-state index is 0.00319. The second-order valence-electron chi connectivity index (χ2n) is 6.22. The van der Waals surface area contributed by atoms with Crippen LogP contribution in [-0.2, 0) is 29.0 Å². The van der Waals surface area contributed by atoms with Gasteiger partial charge in [-0.1, -0.05) is 0 Å². The lowest BCUT2D eigenvalue weighted by atomic mass is 10.2. The highest BCUT2D eigenvalue weighted by Crippen LogP contribution is 2.24. The van der Waals surface area contributed by atoms with Crippen molar-refractivity contribution >= 4 is 50.8 Å². The summed E-state index contributed by atoms with van der Waals surface area (Å²) < 4.78 is 27.9. The lowest BCUT2D eigenvalue weighted by Crippen LogP contribution is -2.30. The first-order valence-corrected chi connectivity index (χ1v) is 11.2. The van der Waals surface area contributed by atoms with Gasteiger partial charge in [-0.2, -0.15) is 0 Å². The second kappa shape index (κ2) is 9.23. The van der Waals surface area contributed by atoms with Gasteiger partial charge in [0.25, 0.3) is 5.91 Å². The summed E-state index contributed by atoms with van der Waals surface area (Å²) >= 11 is 1.24. The number of nitrogens with one attached hydrogen (secondary N) is 2. The number of benzene rings is 1. The molecule has 148 valence electrons. The Morgan fingerprint density at radius 2 is 1.78 bits per heavy atom. The summed E-state index contributed by atoms with van der Waals surface area (Å²) in [7, 11) is -2.98. The van der Waals surface area contributed by atoms with Gasteiger partial charge in [0, 0.05) is 23.5 Å². The molecule has 1 aromatic rings. The number of esters is 1. The van der Waals surface area contributed by atoms with Crippen LogP contribution in [-0.4, -0.2) is 54.8 Å². The van der Waals surface area contributed by atoms with E-state index in [0.717, 1.165) is 0 Å². The van der Waals surface area contributed by atoms with Crippen LogP contribution in [0.3, 0.4) is 0 Å². The summed E-state index contributed by atoms with van der Waals surface area (Å²) in [5.41, 5.74) is 1.11. The van der Waals surface area contributed by atoms with Crippen molar-refractivity contribution in [3.63, 3.8) is 0 Å². The summed E-state index contributed by atoms with van der Waals surface area (Å²) in [5, 5.41) is 5.13. The predicted molar refractivity (Wildman–Crippen MR) is 104 cm³/mol. The summed E-state index contributed by atoms with van der Waals surface area (Å²) in [6.45, 7) is 2.86. The second-order valence-corrected chi connectivity index (χ2v) is 9.73. The number of carbonyl (C=O) groups excluding carboxylic acids is 3. The smallest absolute Gasteiger partial charge is 0.316 e. The number of amides is 2. The van der Waals surface area contributed by atoms with Gasteiger partial charge in [-0.15, -0.1) is 11.8 Å². The van der Waals surface area contributed by atoms with Gasteiger partial charge in [-0.3, -0.25) is 14.4 Å². The van der Waals surface area contributed by atoms with Crippen LogP contribution in [0.1, 0.15) is 20.3 Å². The van der Waals surface area contributed by atoms with E-state index in [1.54, 1.807) is 24.3 Å². The molecule has 0 unspecified atom stereocenters. The van der Waals surface area contributed by atoms with Gasteiger partial charge in [0.05, 0.1) is 17.3 Å². The SMILES string of the molecule is CC(=O)Nc1ccc(NC(=O)[C@@H](C)OC(=O)CS[C@H]2CCS(=O)(=O)C2)cc1. The van der Waals surface area contributed by atoms with Crippen LogP contribution in [0.15, 0.2) is 24.3 Å². The van der Waals surface area contributed by atoms with Gasteiger partial charge in [-0.25, -0.2) is 8.42 Å². The van der Waals surface area contributed by atoms with E-state index in [1.165, 1.54) is 25.6 Å². The van der Waals surface area contributed by atoms with Crippen LogP contribution in [0.2, 0.25) is 0 Å². The van der Waals surface area contributed by atoms with Crippen LogP contribution in [0.25, 0.3) is 0 Å². The highest BCUT2D eigenvalue weighted by atomic mass is 32.2. The van der Waals surface area contributed by atoms with Gasteiger partial charge >= 0.3 is 5.97 Å². The van der Waals surface area contributed by atoms with Crippen molar-refractivity contribution in [2.45, 2.75) is 31.6 Å². The molecule has 0 aliphatic carbocycles. The molecule has 2 N–H and O–H groups in total. The Labute approximate surface area is 162 Å². The zero-order valence-electron chi connectivity index (χ0n) is 15.1. The predicted octanol–water partition coefficient (Wildman–Crippen LogP) is 1.44. The first-order valence-electron chi connectivity index (χ1n) is 8.34. The zero-order valence-corrected chi connectivity index (χ0v) is 16.7. The highest BCUT2D eigenvalue weighted by molar-refractivity contribution is 8.02. The van der Waals surface area contributed by atoms with Crippen molar-refractivity contribution in [3.8, 4) is 0 Å². The highest BCUT2D eigenvalue weighted by Gasteiger charge is 2.29. The Kier molecular flexibility index (Phi) is 7.25. The molecule has 0 spiro atoms. The van der Waals surface area contributed by atoms with Gasteiger partial charge in [0.15, 0.2) is 15.9 Å².